The molecular formula is C17H28N2O4. The normalized spacial score (nSPS) is 13.4. The highest BCUT2D eigenvalue weighted by molar-refractivity contribution is 5.96. The Hall–Kier alpha value is -1.66. The van der Waals surface area contributed by atoms with Gasteiger partial charge in [0.2, 0.25) is 5.88 Å². The zero-order chi connectivity index (χ0) is 17.1. The van der Waals surface area contributed by atoms with E-state index in [0.29, 0.717) is 31.2 Å². The van der Waals surface area contributed by atoms with Crippen molar-refractivity contribution < 1.29 is 19.0 Å². The van der Waals surface area contributed by atoms with Crippen molar-refractivity contribution in [2.45, 2.75) is 45.1 Å². The summed E-state index contributed by atoms with van der Waals surface area (Å²) in [6.45, 7) is 4.89. The molecule has 0 aliphatic heterocycles. The van der Waals surface area contributed by atoms with E-state index in [-0.39, 0.29) is 5.91 Å². The predicted molar refractivity (Wildman–Crippen MR) is 89.8 cm³/mol. The zero-order valence-corrected chi connectivity index (χ0v) is 14.6. The van der Waals surface area contributed by atoms with Crippen LogP contribution in [0.4, 0.5) is 5.69 Å². The molecule has 1 amide bonds. The van der Waals surface area contributed by atoms with Crippen LogP contribution in [-0.4, -0.2) is 43.9 Å². The van der Waals surface area contributed by atoms with Crippen LogP contribution in [0, 0.1) is 0 Å². The summed E-state index contributed by atoms with van der Waals surface area (Å²) in [7, 11) is 3.18. The van der Waals surface area contributed by atoms with Crippen molar-refractivity contribution in [3.8, 4) is 5.88 Å². The van der Waals surface area contributed by atoms with Crippen molar-refractivity contribution in [2.24, 2.45) is 0 Å². The van der Waals surface area contributed by atoms with Crippen LogP contribution in [0.15, 0.2) is 18.3 Å². The molecule has 0 radical (unpaired) electrons. The first kappa shape index (κ1) is 19.4. The Labute approximate surface area is 138 Å². The number of unbranched alkanes of at least 4 members (excludes halogenated alkanes) is 2. The van der Waals surface area contributed by atoms with Gasteiger partial charge in [0.15, 0.2) is 0 Å². The molecule has 0 spiro atoms. The number of hydrogen-bond donors (Lipinski definition) is 1. The van der Waals surface area contributed by atoms with Crippen molar-refractivity contribution in [3.05, 3.63) is 18.3 Å². The van der Waals surface area contributed by atoms with Gasteiger partial charge in [-0.1, -0.05) is 26.2 Å². The molecule has 1 N–H and O–H groups in total. The number of rotatable bonds is 11. The summed E-state index contributed by atoms with van der Waals surface area (Å²) >= 11 is 0. The molecule has 1 aromatic heterocycles. The van der Waals surface area contributed by atoms with E-state index in [1.165, 1.54) is 0 Å². The first-order valence-corrected chi connectivity index (χ1v) is 8.00. The molecule has 23 heavy (non-hydrogen) atoms. The molecular weight excluding hydrogens is 296 g/mol. The quantitative estimate of drug-likeness (QED) is 0.634. The minimum atomic E-state index is -0.831. The standard InChI is InChI=1S/C17H28N2O4/c1-5-6-7-10-17(2,22-4)16(20)19-14-8-9-15(18-13-14)23-12-11-21-3/h8-9,13H,5-7,10-12H2,1-4H3,(H,19,20)/t17-/m1/s1. The lowest BCUT2D eigenvalue weighted by atomic mass is 9.97. The van der Waals surface area contributed by atoms with Crippen LogP contribution >= 0.6 is 0 Å². The Morgan fingerprint density at radius 2 is 2.04 bits per heavy atom. The van der Waals surface area contributed by atoms with E-state index >= 15 is 0 Å². The third kappa shape index (κ3) is 6.54. The molecule has 0 saturated carbocycles. The summed E-state index contributed by atoms with van der Waals surface area (Å²) in [5, 5.41) is 2.85. The van der Waals surface area contributed by atoms with Crippen molar-refractivity contribution in [2.75, 3.05) is 32.8 Å². The number of carbonyl (C=O) groups is 1. The molecule has 1 rings (SSSR count). The molecule has 0 bridgehead atoms. The number of anilines is 1. The monoisotopic (exact) mass is 324 g/mol. The number of ether oxygens (including phenoxy) is 3. The second-order valence-electron chi connectivity index (χ2n) is 5.57. The van der Waals surface area contributed by atoms with Gasteiger partial charge >= 0.3 is 0 Å². The number of nitrogens with zero attached hydrogens (tertiary/aromatic N) is 1. The summed E-state index contributed by atoms with van der Waals surface area (Å²) in [6, 6.07) is 3.47. The van der Waals surface area contributed by atoms with E-state index in [2.05, 4.69) is 17.2 Å². The highest BCUT2D eigenvalue weighted by atomic mass is 16.5. The van der Waals surface area contributed by atoms with Gasteiger partial charge in [-0.2, -0.15) is 0 Å². The number of methoxy groups -OCH3 is 2. The number of nitrogens with one attached hydrogen (secondary N) is 1. The fourth-order valence-electron chi connectivity index (χ4n) is 2.05. The summed E-state index contributed by atoms with van der Waals surface area (Å²) in [5.41, 5.74) is -0.212. The average Bonchev–Trinajstić information content (AvgIpc) is 2.56. The van der Waals surface area contributed by atoms with Gasteiger partial charge in [-0.25, -0.2) is 4.98 Å². The molecule has 0 aliphatic rings. The third-order valence-electron chi connectivity index (χ3n) is 3.72. The second kappa shape index (κ2) is 10.2. The SMILES string of the molecule is CCCCC[C@@](C)(OC)C(=O)Nc1ccc(OCCOC)nc1. The Bertz CT molecular complexity index is 464. The summed E-state index contributed by atoms with van der Waals surface area (Å²) < 4.78 is 15.7. The van der Waals surface area contributed by atoms with E-state index in [1.807, 2.05) is 6.92 Å². The first-order valence-electron chi connectivity index (χ1n) is 8.00. The second-order valence-corrected chi connectivity index (χ2v) is 5.57. The third-order valence-corrected chi connectivity index (χ3v) is 3.72. The Balaban J connectivity index is 2.57. The van der Waals surface area contributed by atoms with Gasteiger partial charge in [-0.15, -0.1) is 0 Å². The van der Waals surface area contributed by atoms with Crippen LogP contribution in [0.5, 0.6) is 5.88 Å². The Morgan fingerprint density at radius 3 is 2.61 bits per heavy atom. The fourth-order valence-corrected chi connectivity index (χ4v) is 2.05. The van der Waals surface area contributed by atoms with E-state index in [9.17, 15) is 4.79 Å². The molecule has 6 heteroatoms. The van der Waals surface area contributed by atoms with Crippen LogP contribution in [-0.2, 0) is 14.3 Å². The molecule has 0 aliphatic carbocycles. The topological polar surface area (TPSA) is 69.7 Å². The van der Waals surface area contributed by atoms with Gasteiger partial charge in [-0.05, 0) is 19.4 Å². The van der Waals surface area contributed by atoms with Crippen molar-refractivity contribution in [1.82, 2.24) is 4.98 Å². The molecule has 0 aromatic carbocycles. The molecule has 1 atom stereocenters. The van der Waals surface area contributed by atoms with Gasteiger partial charge in [0.25, 0.3) is 5.91 Å². The van der Waals surface area contributed by atoms with Crippen molar-refractivity contribution in [3.63, 3.8) is 0 Å². The lowest BCUT2D eigenvalue weighted by molar-refractivity contribution is -0.136. The first-order chi connectivity index (χ1) is 11.1. The number of pyridine rings is 1. The number of amides is 1. The largest absolute Gasteiger partial charge is 0.475 e. The Kier molecular flexibility index (Phi) is 8.58. The summed E-state index contributed by atoms with van der Waals surface area (Å²) in [5.74, 6) is 0.337. The molecule has 0 saturated heterocycles. The maximum atomic E-state index is 12.4. The smallest absolute Gasteiger partial charge is 0.256 e. The number of carbonyl (C=O) groups excluding carboxylic acids is 1. The zero-order valence-electron chi connectivity index (χ0n) is 14.6. The molecule has 130 valence electrons. The van der Waals surface area contributed by atoms with Crippen molar-refractivity contribution in [1.29, 1.82) is 0 Å². The highest BCUT2D eigenvalue weighted by Crippen LogP contribution is 2.21. The van der Waals surface area contributed by atoms with Gasteiger partial charge in [0, 0.05) is 20.3 Å². The maximum absolute atomic E-state index is 12.4. The van der Waals surface area contributed by atoms with E-state index in [4.69, 9.17) is 14.2 Å². The van der Waals surface area contributed by atoms with Crippen LogP contribution in [0.25, 0.3) is 0 Å². The van der Waals surface area contributed by atoms with Crippen molar-refractivity contribution >= 4 is 11.6 Å². The maximum Gasteiger partial charge on any atom is 0.256 e. The van der Waals surface area contributed by atoms with Gasteiger partial charge in [0.1, 0.15) is 12.2 Å². The van der Waals surface area contributed by atoms with Gasteiger partial charge in [-0.3, -0.25) is 4.79 Å². The summed E-state index contributed by atoms with van der Waals surface area (Å²) in [4.78, 5) is 16.6. The molecule has 1 aromatic rings. The van der Waals surface area contributed by atoms with Crippen LogP contribution in [0.1, 0.15) is 39.5 Å². The molecule has 0 unspecified atom stereocenters. The lowest BCUT2D eigenvalue weighted by Gasteiger charge is -2.26. The highest BCUT2D eigenvalue weighted by Gasteiger charge is 2.32. The predicted octanol–water partition coefficient (Wildman–Crippen LogP) is 3.03. The minimum absolute atomic E-state index is 0.161. The molecule has 1 heterocycles. The van der Waals surface area contributed by atoms with Gasteiger partial charge in [0.05, 0.1) is 18.5 Å². The van der Waals surface area contributed by atoms with Crippen LogP contribution < -0.4 is 10.1 Å². The fraction of sp³-hybridized carbons (Fsp3) is 0.647. The minimum Gasteiger partial charge on any atom is -0.475 e. The van der Waals surface area contributed by atoms with Gasteiger partial charge < -0.3 is 19.5 Å². The van der Waals surface area contributed by atoms with E-state index in [0.717, 1.165) is 19.3 Å². The lowest BCUT2D eigenvalue weighted by Crippen LogP contribution is -2.42. The van der Waals surface area contributed by atoms with E-state index < -0.39 is 5.60 Å². The average molecular weight is 324 g/mol. The number of aromatic nitrogens is 1. The molecule has 6 nitrogen and oxygen atoms in total. The van der Waals surface area contributed by atoms with Crippen LogP contribution in [0.3, 0.4) is 0 Å². The number of hydrogen-bond acceptors (Lipinski definition) is 5. The summed E-state index contributed by atoms with van der Waals surface area (Å²) in [6.07, 6.45) is 5.41. The van der Waals surface area contributed by atoms with E-state index in [1.54, 1.807) is 32.5 Å². The Morgan fingerprint density at radius 1 is 1.26 bits per heavy atom. The molecule has 0 fully saturated rings. The van der Waals surface area contributed by atoms with Crippen LogP contribution in [0.2, 0.25) is 0 Å².